The molecule has 1 aliphatic rings. The molecule has 7 nitrogen and oxygen atoms in total. The summed E-state index contributed by atoms with van der Waals surface area (Å²) in [5.74, 6) is 1.13. The lowest BCUT2D eigenvalue weighted by atomic mass is 9.98. The van der Waals surface area contributed by atoms with Gasteiger partial charge in [-0.1, -0.05) is 13.8 Å². The molecule has 7 heteroatoms. The Balaban J connectivity index is 2.15. The van der Waals surface area contributed by atoms with E-state index >= 15 is 0 Å². The fraction of sp³-hybridized carbons (Fsp3) is 0.769. The van der Waals surface area contributed by atoms with E-state index in [0.29, 0.717) is 17.4 Å². The largest absolute Gasteiger partial charge is 0.364 e. The van der Waals surface area contributed by atoms with Crippen LogP contribution in [0.25, 0.3) is 0 Å². The SMILES string of the molecule is CC(C)c1nn(C)c(NCC2CCNCC2)c1[N+](=O)[O-]. The molecule has 2 N–H and O–H groups in total. The predicted octanol–water partition coefficient (Wildman–Crippen LogP) is 1.86. The zero-order valence-electron chi connectivity index (χ0n) is 12.3. The summed E-state index contributed by atoms with van der Waals surface area (Å²) in [4.78, 5) is 11.0. The van der Waals surface area contributed by atoms with Gasteiger partial charge in [0.1, 0.15) is 5.69 Å². The second kappa shape index (κ2) is 6.21. The third kappa shape index (κ3) is 3.09. The van der Waals surface area contributed by atoms with Crippen molar-refractivity contribution >= 4 is 11.5 Å². The first-order valence-electron chi connectivity index (χ1n) is 7.16. The van der Waals surface area contributed by atoms with Crippen molar-refractivity contribution in [3.63, 3.8) is 0 Å². The van der Waals surface area contributed by atoms with Crippen LogP contribution in [0.4, 0.5) is 11.5 Å². The van der Waals surface area contributed by atoms with Crippen molar-refractivity contribution in [3.05, 3.63) is 15.8 Å². The first kappa shape index (κ1) is 14.8. The topological polar surface area (TPSA) is 85.0 Å². The minimum Gasteiger partial charge on any atom is -0.364 e. The van der Waals surface area contributed by atoms with E-state index in [4.69, 9.17) is 0 Å². The normalized spacial score (nSPS) is 16.6. The van der Waals surface area contributed by atoms with Crippen molar-refractivity contribution in [1.29, 1.82) is 0 Å². The van der Waals surface area contributed by atoms with Crippen molar-refractivity contribution in [2.24, 2.45) is 13.0 Å². The van der Waals surface area contributed by atoms with E-state index in [1.807, 2.05) is 13.8 Å². The Bertz CT molecular complexity index is 477. The molecule has 0 aliphatic carbocycles. The number of nitro groups is 1. The Morgan fingerprint density at radius 2 is 2.15 bits per heavy atom. The van der Waals surface area contributed by atoms with Gasteiger partial charge in [0, 0.05) is 19.5 Å². The van der Waals surface area contributed by atoms with E-state index in [1.54, 1.807) is 11.7 Å². The highest BCUT2D eigenvalue weighted by atomic mass is 16.6. The molecule has 1 aliphatic heterocycles. The van der Waals surface area contributed by atoms with Gasteiger partial charge in [-0.2, -0.15) is 5.10 Å². The molecule has 0 aromatic carbocycles. The number of aromatic nitrogens is 2. The van der Waals surface area contributed by atoms with Gasteiger partial charge in [-0.15, -0.1) is 0 Å². The van der Waals surface area contributed by atoms with Crippen LogP contribution in [0.15, 0.2) is 0 Å². The summed E-state index contributed by atoms with van der Waals surface area (Å²) < 4.78 is 1.59. The van der Waals surface area contributed by atoms with E-state index in [-0.39, 0.29) is 16.5 Å². The highest BCUT2D eigenvalue weighted by Crippen LogP contribution is 2.33. The van der Waals surface area contributed by atoms with Crippen LogP contribution in [0.1, 0.15) is 38.3 Å². The van der Waals surface area contributed by atoms with Crippen LogP contribution in [0.5, 0.6) is 0 Å². The lowest BCUT2D eigenvalue weighted by Crippen LogP contribution is -2.31. The summed E-state index contributed by atoms with van der Waals surface area (Å²) in [6, 6.07) is 0. The number of hydrogen-bond donors (Lipinski definition) is 2. The second-order valence-corrected chi connectivity index (χ2v) is 5.69. The first-order valence-corrected chi connectivity index (χ1v) is 7.16. The maximum Gasteiger partial charge on any atom is 0.334 e. The molecule has 0 amide bonds. The van der Waals surface area contributed by atoms with E-state index in [1.165, 1.54) is 0 Å². The van der Waals surface area contributed by atoms with Crippen molar-refractivity contribution in [1.82, 2.24) is 15.1 Å². The Hall–Kier alpha value is -1.63. The lowest BCUT2D eigenvalue weighted by Gasteiger charge is -2.22. The zero-order valence-corrected chi connectivity index (χ0v) is 12.3. The van der Waals surface area contributed by atoms with Crippen LogP contribution >= 0.6 is 0 Å². The van der Waals surface area contributed by atoms with E-state index < -0.39 is 0 Å². The number of hydrogen-bond acceptors (Lipinski definition) is 5. The van der Waals surface area contributed by atoms with Gasteiger partial charge < -0.3 is 10.6 Å². The molecule has 0 spiro atoms. The average molecular weight is 281 g/mol. The average Bonchev–Trinajstić information content (AvgIpc) is 2.75. The number of rotatable bonds is 5. The molecular weight excluding hydrogens is 258 g/mol. The van der Waals surface area contributed by atoms with Gasteiger partial charge in [-0.05, 0) is 31.8 Å². The summed E-state index contributed by atoms with van der Waals surface area (Å²) in [7, 11) is 1.75. The smallest absolute Gasteiger partial charge is 0.334 e. The summed E-state index contributed by atoms with van der Waals surface area (Å²) in [5.41, 5.74) is 0.668. The zero-order chi connectivity index (χ0) is 14.7. The van der Waals surface area contributed by atoms with E-state index in [0.717, 1.165) is 32.5 Å². The molecule has 0 radical (unpaired) electrons. The highest BCUT2D eigenvalue weighted by Gasteiger charge is 2.28. The molecule has 0 bridgehead atoms. The van der Waals surface area contributed by atoms with E-state index in [2.05, 4.69) is 15.7 Å². The summed E-state index contributed by atoms with van der Waals surface area (Å²) in [6.45, 7) is 6.66. The minimum absolute atomic E-state index is 0.0380. The number of piperidine rings is 1. The standard InChI is InChI=1S/C13H23N5O2/c1-9(2)11-12(18(19)20)13(17(3)16-11)15-8-10-4-6-14-7-5-10/h9-10,14-15H,4-8H2,1-3H3. The molecule has 1 aromatic rings. The van der Waals surface area contributed by atoms with Crippen molar-refractivity contribution in [3.8, 4) is 0 Å². The first-order chi connectivity index (χ1) is 9.50. The van der Waals surface area contributed by atoms with Crippen LogP contribution < -0.4 is 10.6 Å². The van der Waals surface area contributed by atoms with Crippen LogP contribution in [-0.4, -0.2) is 34.3 Å². The Morgan fingerprint density at radius 1 is 1.50 bits per heavy atom. The number of nitrogens with zero attached hydrogens (tertiary/aromatic N) is 3. The molecule has 1 aromatic heterocycles. The molecule has 1 fully saturated rings. The third-order valence-electron chi connectivity index (χ3n) is 3.79. The van der Waals surface area contributed by atoms with Gasteiger partial charge >= 0.3 is 5.69 Å². The maximum absolute atomic E-state index is 11.3. The molecule has 2 rings (SSSR count). The molecular formula is C13H23N5O2. The van der Waals surface area contributed by atoms with Gasteiger partial charge in [0.25, 0.3) is 0 Å². The fourth-order valence-electron chi connectivity index (χ4n) is 2.63. The Kier molecular flexibility index (Phi) is 4.59. The molecule has 0 unspecified atom stereocenters. The highest BCUT2D eigenvalue weighted by molar-refractivity contribution is 5.60. The van der Waals surface area contributed by atoms with Crippen LogP contribution in [0, 0.1) is 16.0 Å². The van der Waals surface area contributed by atoms with Gasteiger partial charge in [0.05, 0.1) is 4.92 Å². The molecule has 112 valence electrons. The van der Waals surface area contributed by atoms with Gasteiger partial charge in [-0.25, -0.2) is 4.68 Å². The van der Waals surface area contributed by atoms with Gasteiger partial charge in [-0.3, -0.25) is 10.1 Å². The van der Waals surface area contributed by atoms with Crippen molar-refractivity contribution < 1.29 is 4.92 Å². The Labute approximate surface area is 118 Å². The lowest BCUT2D eigenvalue weighted by molar-refractivity contribution is -0.384. The summed E-state index contributed by atoms with van der Waals surface area (Å²) in [5, 5.41) is 22.2. The second-order valence-electron chi connectivity index (χ2n) is 5.69. The van der Waals surface area contributed by atoms with Crippen molar-refractivity contribution in [2.75, 3.05) is 25.0 Å². The molecule has 0 atom stereocenters. The van der Waals surface area contributed by atoms with Crippen LogP contribution in [0.2, 0.25) is 0 Å². The molecule has 0 saturated carbocycles. The molecule has 2 heterocycles. The summed E-state index contributed by atoms with van der Waals surface area (Å²) >= 11 is 0. The monoisotopic (exact) mass is 281 g/mol. The molecule has 1 saturated heterocycles. The van der Waals surface area contributed by atoms with Gasteiger partial charge in [0.15, 0.2) is 0 Å². The summed E-state index contributed by atoms with van der Waals surface area (Å²) in [6.07, 6.45) is 2.21. The number of anilines is 1. The predicted molar refractivity (Wildman–Crippen MR) is 78.0 cm³/mol. The number of nitrogens with one attached hydrogen (secondary N) is 2. The number of aryl methyl sites for hydroxylation is 1. The van der Waals surface area contributed by atoms with Gasteiger partial charge in [0.2, 0.25) is 5.82 Å². The van der Waals surface area contributed by atoms with Crippen molar-refractivity contribution in [2.45, 2.75) is 32.6 Å². The minimum atomic E-state index is -0.326. The quantitative estimate of drug-likeness (QED) is 0.635. The van der Waals surface area contributed by atoms with Crippen LogP contribution in [0.3, 0.4) is 0 Å². The van der Waals surface area contributed by atoms with E-state index in [9.17, 15) is 10.1 Å². The molecule has 20 heavy (non-hydrogen) atoms. The fourth-order valence-corrected chi connectivity index (χ4v) is 2.63. The maximum atomic E-state index is 11.3. The third-order valence-corrected chi connectivity index (χ3v) is 3.79. The Morgan fingerprint density at radius 3 is 2.70 bits per heavy atom. The van der Waals surface area contributed by atoms with Crippen LogP contribution in [-0.2, 0) is 7.05 Å².